The molecule has 1 aromatic rings. The Morgan fingerprint density at radius 2 is 2.38 bits per heavy atom. The number of rotatable bonds is 5. The van der Waals surface area contributed by atoms with E-state index in [1.807, 2.05) is 11.8 Å². The first-order valence-electron chi connectivity index (χ1n) is 5.07. The van der Waals surface area contributed by atoms with Crippen molar-refractivity contribution >= 4 is 29.2 Å². The number of hydrogen-bond donors (Lipinski definition) is 1. The lowest BCUT2D eigenvalue weighted by Gasteiger charge is -2.13. The summed E-state index contributed by atoms with van der Waals surface area (Å²) in [7, 11) is 0. The van der Waals surface area contributed by atoms with E-state index in [4.69, 9.17) is 16.9 Å². The third kappa shape index (κ3) is 4.30. The van der Waals surface area contributed by atoms with Gasteiger partial charge in [0.25, 0.3) is 0 Å². The predicted octanol–water partition coefficient (Wildman–Crippen LogP) is 3.16. The van der Waals surface area contributed by atoms with Crippen LogP contribution in [0.25, 0.3) is 0 Å². The van der Waals surface area contributed by atoms with Crippen LogP contribution in [0.3, 0.4) is 0 Å². The van der Waals surface area contributed by atoms with E-state index in [1.165, 1.54) is 0 Å². The van der Waals surface area contributed by atoms with Crippen molar-refractivity contribution in [3.05, 3.63) is 22.8 Å². The summed E-state index contributed by atoms with van der Waals surface area (Å²) in [6, 6.07) is 5.62. The molecule has 3 nitrogen and oxygen atoms in total. The standard InChI is InChI=1S/C11H14ClN3S/c1-3-16-7-8(2)14-11-5-9(6-13)4-10(12)15-11/h4-5,8H,3,7H2,1-2H3,(H,14,15). The van der Waals surface area contributed by atoms with E-state index < -0.39 is 0 Å². The molecule has 0 radical (unpaired) electrons. The molecule has 1 N–H and O–H groups in total. The lowest BCUT2D eigenvalue weighted by molar-refractivity contribution is 0.902. The van der Waals surface area contributed by atoms with Crippen LogP contribution in [0.1, 0.15) is 19.4 Å². The number of thioether (sulfide) groups is 1. The number of hydrogen-bond acceptors (Lipinski definition) is 4. The van der Waals surface area contributed by atoms with Crippen molar-refractivity contribution < 1.29 is 0 Å². The molecule has 0 fully saturated rings. The molecule has 0 aliphatic heterocycles. The van der Waals surface area contributed by atoms with Gasteiger partial charge in [-0.2, -0.15) is 17.0 Å². The highest BCUT2D eigenvalue weighted by Gasteiger charge is 2.05. The van der Waals surface area contributed by atoms with Gasteiger partial charge in [0.1, 0.15) is 11.0 Å². The molecule has 1 unspecified atom stereocenters. The number of nitriles is 1. The number of halogens is 1. The topological polar surface area (TPSA) is 48.7 Å². The number of aromatic nitrogens is 1. The van der Waals surface area contributed by atoms with Gasteiger partial charge in [-0.15, -0.1) is 0 Å². The van der Waals surface area contributed by atoms with Gasteiger partial charge in [-0.25, -0.2) is 4.98 Å². The molecule has 1 rings (SSSR count). The lowest BCUT2D eigenvalue weighted by atomic mass is 10.3. The molecular formula is C11H14ClN3S. The van der Waals surface area contributed by atoms with Crippen LogP contribution in [0.15, 0.2) is 12.1 Å². The van der Waals surface area contributed by atoms with Crippen molar-refractivity contribution in [2.24, 2.45) is 0 Å². The van der Waals surface area contributed by atoms with Crippen LogP contribution >= 0.6 is 23.4 Å². The van der Waals surface area contributed by atoms with E-state index >= 15 is 0 Å². The van der Waals surface area contributed by atoms with Crippen molar-refractivity contribution in [2.75, 3.05) is 16.8 Å². The van der Waals surface area contributed by atoms with Crippen molar-refractivity contribution in [1.29, 1.82) is 5.26 Å². The summed E-state index contributed by atoms with van der Waals surface area (Å²) in [5.41, 5.74) is 0.526. The molecule has 0 bridgehead atoms. The van der Waals surface area contributed by atoms with Crippen LogP contribution in [0.4, 0.5) is 5.82 Å². The Morgan fingerprint density at radius 1 is 1.62 bits per heavy atom. The van der Waals surface area contributed by atoms with Gasteiger partial charge in [-0.3, -0.25) is 0 Å². The Bertz CT molecular complexity index is 389. The largest absolute Gasteiger partial charge is 0.367 e. The molecule has 5 heteroatoms. The molecule has 0 saturated carbocycles. The minimum atomic E-state index is 0.308. The number of nitrogens with zero attached hydrogens (tertiary/aromatic N) is 2. The molecule has 0 spiro atoms. The second-order valence-corrected chi connectivity index (χ2v) is 5.09. The average molecular weight is 256 g/mol. The smallest absolute Gasteiger partial charge is 0.132 e. The van der Waals surface area contributed by atoms with Gasteiger partial charge in [0.05, 0.1) is 11.6 Å². The first kappa shape index (κ1) is 13.1. The summed E-state index contributed by atoms with van der Waals surface area (Å²) < 4.78 is 0. The van der Waals surface area contributed by atoms with E-state index in [0.717, 1.165) is 11.5 Å². The van der Waals surface area contributed by atoms with Gasteiger partial charge in [-0.05, 0) is 24.8 Å². The molecule has 16 heavy (non-hydrogen) atoms. The highest BCUT2D eigenvalue weighted by Crippen LogP contribution is 2.15. The van der Waals surface area contributed by atoms with Crippen LogP contribution < -0.4 is 5.32 Å². The Labute approximate surface area is 105 Å². The third-order valence-electron chi connectivity index (χ3n) is 1.89. The summed E-state index contributed by atoms with van der Waals surface area (Å²) in [5.74, 6) is 2.76. The highest BCUT2D eigenvalue weighted by molar-refractivity contribution is 7.99. The Balaban J connectivity index is 2.66. The maximum Gasteiger partial charge on any atom is 0.132 e. The normalized spacial score (nSPS) is 11.9. The monoisotopic (exact) mass is 255 g/mol. The number of nitrogens with one attached hydrogen (secondary N) is 1. The number of pyridine rings is 1. The van der Waals surface area contributed by atoms with E-state index in [0.29, 0.717) is 22.6 Å². The SMILES string of the molecule is CCSCC(C)Nc1cc(C#N)cc(Cl)n1. The summed E-state index contributed by atoms with van der Waals surface area (Å²) in [5, 5.41) is 12.4. The van der Waals surface area contributed by atoms with Crippen LogP contribution in [-0.2, 0) is 0 Å². The van der Waals surface area contributed by atoms with Gasteiger partial charge < -0.3 is 5.32 Å². The fourth-order valence-corrected chi connectivity index (χ4v) is 2.11. The molecular weight excluding hydrogens is 242 g/mol. The van der Waals surface area contributed by atoms with Gasteiger partial charge in [0, 0.05) is 11.8 Å². The molecule has 86 valence electrons. The average Bonchev–Trinajstić information content (AvgIpc) is 2.25. The van der Waals surface area contributed by atoms with Crippen molar-refractivity contribution in [3.8, 4) is 6.07 Å². The zero-order valence-corrected chi connectivity index (χ0v) is 10.9. The first-order chi connectivity index (χ1) is 7.65. The molecule has 1 atom stereocenters. The van der Waals surface area contributed by atoms with Crippen molar-refractivity contribution in [3.63, 3.8) is 0 Å². The Hall–Kier alpha value is -0.920. The van der Waals surface area contributed by atoms with Crippen LogP contribution in [0.2, 0.25) is 5.15 Å². The zero-order valence-electron chi connectivity index (χ0n) is 9.33. The van der Waals surface area contributed by atoms with Crippen LogP contribution in [0, 0.1) is 11.3 Å². The van der Waals surface area contributed by atoms with E-state index in [1.54, 1.807) is 12.1 Å². The fraction of sp³-hybridized carbons (Fsp3) is 0.455. The second kappa shape index (κ2) is 6.62. The predicted molar refractivity (Wildman–Crippen MR) is 70.0 cm³/mol. The van der Waals surface area contributed by atoms with Gasteiger partial charge >= 0.3 is 0 Å². The van der Waals surface area contributed by atoms with Gasteiger partial charge in [-0.1, -0.05) is 18.5 Å². The van der Waals surface area contributed by atoms with Crippen molar-refractivity contribution in [2.45, 2.75) is 19.9 Å². The van der Waals surface area contributed by atoms with Crippen LogP contribution in [-0.4, -0.2) is 22.5 Å². The molecule has 1 aromatic heterocycles. The summed E-state index contributed by atoms with van der Waals surface area (Å²) >= 11 is 7.67. The summed E-state index contributed by atoms with van der Waals surface area (Å²) in [6.45, 7) is 4.21. The molecule has 0 aliphatic carbocycles. The fourth-order valence-electron chi connectivity index (χ4n) is 1.22. The minimum Gasteiger partial charge on any atom is -0.367 e. The maximum atomic E-state index is 8.79. The van der Waals surface area contributed by atoms with E-state index in [-0.39, 0.29) is 0 Å². The molecule has 0 saturated heterocycles. The maximum absolute atomic E-state index is 8.79. The molecule has 1 heterocycles. The zero-order chi connectivity index (χ0) is 12.0. The second-order valence-electron chi connectivity index (χ2n) is 3.38. The summed E-state index contributed by atoms with van der Waals surface area (Å²) in [4.78, 5) is 4.12. The lowest BCUT2D eigenvalue weighted by Crippen LogP contribution is -2.18. The van der Waals surface area contributed by atoms with E-state index in [9.17, 15) is 0 Å². The molecule has 0 aliphatic rings. The quantitative estimate of drug-likeness (QED) is 0.821. The highest BCUT2D eigenvalue weighted by atomic mass is 35.5. The van der Waals surface area contributed by atoms with Crippen LogP contribution in [0.5, 0.6) is 0 Å². The third-order valence-corrected chi connectivity index (χ3v) is 3.23. The Morgan fingerprint density at radius 3 is 3.00 bits per heavy atom. The Kier molecular flexibility index (Phi) is 5.44. The first-order valence-corrected chi connectivity index (χ1v) is 6.61. The summed E-state index contributed by atoms with van der Waals surface area (Å²) in [6.07, 6.45) is 0. The van der Waals surface area contributed by atoms with Gasteiger partial charge in [0.15, 0.2) is 0 Å². The molecule has 0 aromatic carbocycles. The molecule has 0 amide bonds. The number of anilines is 1. The van der Waals surface area contributed by atoms with Crippen molar-refractivity contribution in [1.82, 2.24) is 4.98 Å². The van der Waals surface area contributed by atoms with Gasteiger partial charge in [0.2, 0.25) is 0 Å². The van der Waals surface area contributed by atoms with E-state index in [2.05, 4.69) is 30.2 Å². The minimum absolute atomic E-state index is 0.308.